The van der Waals surface area contributed by atoms with Gasteiger partial charge in [0.05, 0.1) is 4.75 Å². The molecule has 0 saturated carbocycles. The maximum atomic E-state index is 12.4. The number of guanidine groups is 1. The molecule has 2 rings (SSSR count). The van der Waals surface area contributed by atoms with E-state index in [0.29, 0.717) is 44.6 Å². The molecule has 2 aliphatic heterocycles. The molecule has 2 fully saturated rings. The molecule has 26 heavy (non-hydrogen) atoms. The van der Waals surface area contributed by atoms with E-state index in [0.717, 1.165) is 32.5 Å². The molecular weight excluding hydrogens is 352 g/mol. The first-order valence-corrected chi connectivity index (χ1v) is 11.3. The maximum absolute atomic E-state index is 12.4. The second kappa shape index (κ2) is 9.19. The Kier molecular flexibility index (Phi) is 7.49. The van der Waals surface area contributed by atoms with Gasteiger partial charge in [0.2, 0.25) is 0 Å². The van der Waals surface area contributed by atoms with Crippen LogP contribution in [0.1, 0.15) is 32.6 Å². The fourth-order valence-corrected chi connectivity index (χ4v) is 4.91. The van der Waals surface area contributed by atoms with Gasteiger partial charge in [-0.1, -0.05) is 12.2 Å². The van der Waals surface area contributed by atoms with Gasteiger partial charge in [0.25, 0.3) is 0 Å². The fraction of sp³-hybridized carbons (Fsp3) is 0.833. The van der Waals surface area contributed by atoms with Crippen molar-refractivity contribution >= 4 is 15.8 Å². The van der Waals surface area contributed by atoms with E-state index in [9.17, 15) is 8.42 Å². The highest BCUT2D eigenvalue weighted by atomic mass is 32.2. The SMILES string of the molecule is C=C(C)CN1CCC(NC(=NC)NCC2(S(C)(=O)=O)CCOCC2)CC1. The molecule has 0 amide bonds. The van der Waals surface area contributed by atoms with Crippen LogP contribution in [0.4, 0.5) is 0 Å². The molecule has 0 radical (unpaired) electrons. The van der Waals surface area contributed by atoms with Gasteiger partial charge in [0, 0.05) is 58.7 Å². The highest BCUT2D eigenvalue weighted by Crippen LogP contribution is 2.28. The molecule has 150 valence electrons. The van der Waals surface area contributed by atoms with Gasteiger partial charge < -0.3 is 15.4 Å². The zero-order chi connectivity index (χ0) is 19.2. The Bertz CT molecular complexity index is 604. The maximum Gasteiger partial charge on any atom is 0.191 e. The highest BCUT2D eigenvalue weighted by Gasteiger charge is 2.42. The van der Waals surface area contributed by atoms with Gasteiger partial charge in [-0.2, -0.15) is 0 Å². The summed E-state index contributed by atoms with van der Waals surface area (Å²) in [5, 5.41) is 6.71. The number of piperidine rings is 1. The zero-order valence-corrected chi connectivity index (χ0v) is 17.2. The van der Waals surface area contributed by atoms with E-state index < -0.39 is 14.6 Å². The standard InChI is InChI=1S/C18H34N4O3S/c1-15(2)13-22-9-5-16(6-10-22)21-17(19-3)20-14-18(26(4,23)24)7-11-25-12-8-18/h16H,1,5-14H2,2-4H3,(H2,19,20,21). The summed E-state index contributed by atoms with van der Waals surface area (Å²) < 4.78 is 29.3. The third-order valence-corrected chi connectivity index (χ3v) is 7.54. The van der Waals surface area contributed by atoms with Gasteiger partial charge in [-0.3, -0.25) is 9.89 Å². The Balaban J connectivity index is 1.87. The minimum absolute atomic E-state index is 0.353. The largest absolute Gasteiger partial charge is 0.381 e. The summed E-state index contributed by atoms with van der Waals surface area (Å²) in [4.78, 5) is 6.70. The third kappa shape index (κ3) is 5.69. The number of hydrogen-bond acceptors (Lipinski definition) is 5. The lowest BCUT2D eigenvalue weighted by atomic mass is 9.99. The smallest absolute Gasteiger partial charge is 0.191 e. The first-order chi connectivity index (χ1) is 12.3. The molecule has 2 aliphatic rings. The summed E-state index contributed by atoms with van der Waals surface area (Å²) in [6.45, 7) is 10.4. The van der Waals surface area contributed by atoms with Gasteiger partial charge in [-0.25, -0.2) is 8.42 Å². The van der Waals surface area contributed by atoms with Crippen molar-refractivity contribution in [1.29, 1.82) is 0 Å². The van der Waals surface area contributed by atoms with Crippen molar-refractivity contribution < 1.29 is 13.2 Å². The molecule has 2 saturated heterocycles. The summed E-state index contributed by atoms with van der Waals surface area (Å²) in [6.07, 6.45) is 4.45. The van der Waals surface area contributed by atoms with Crippen molar-refractivity contribution in [3.05, 3.63) is 12.2 Å². The van der Waals surface area contributed by atoms with Gasteiger partial charge in [-0.05, 0) is 32.6 Å². The van der Waals surface area contributed by atoms with Crippen molar-refractivity contribution in [1.82, 2.24) is 15.5 Å². The Labute approximate surface area is 158 Å². The average Bonchev–Trinajstić information content (AvgIpc) is 2.59. The molecule has 0 atom stereocenters. The molecule has 2 heterocycles. The number of nitrogens with zero attached hydrogens (tertiary/aromatic N) is 2. The molecule has 0 spiro atoms. The van der Waals surface area contributed by atoms with Crippen LogP contribution in [0.5, 0.6) is 0 Å². The summed E-state index contributed by atoms with van der Waals surface area (Å²) in [6, 6.07) is 0.353. The summed E-state index contributed by atoms with van der Waals surface area (Å²) in [5.41, 5.74) is 1.19. The van der Waals surface area contributed by atoms with E-state index in [2.05, 4.69) is 34.0 Å². The van der Waals surface area contributed by atoms with Crippen molar-refractivity contribution in [2.45, 2.75) is 43.4 Å². The average molecular weight is 387 g/mol. The zero-order valence-electron chi connectivity index (χ0n) is 16.4. The molecule has 8 heteroatoms. The van der Waals surface area contributed by atoms with E-state index in [1.165, 1.54) is 11.8 Å². The number of ether oxygens (including phenoxy) is 1. The second-order valence-corrected chi connectivity index (χ2v) is 10.1. The predicted octanol–water partition coefficient (Wildman–Crippen LogP) is 0.786. The van der Waals surface area contributed by atoms with Crippen molar-refractivity contribution in [3.63, 3.8) is 0 Å². The Morgan fingerprint density at radius 2 is 1.92 bits per heavy atom. The Hall–Kier alpha value is -1.12. The summed E-state index contributed by atoms with van der Waals surface area (Å²) >= 11 is 0. The molecule has 0 aromatic rings. The van der Waals surface area contributed by atoms with E-state index in [1.54, 1.807) is 7.05 Å². The molecule has 0 aromatic carbocycles. The topological polar surface area (TPSA) is 83.0 Å². The molecule has 0 unspecified atom stereocenters. The van der Waals surface area contributed by atoms with Gasteiger partial charge >= 0.3 is 0 Å². The van der Waals surface area contributed by atoms with Crippen molar-refractivity contribution in [3.8, 4) is 0 Å². The minimum atomic E-state index is -3.18. The molecule has 0 aliphatic carbocycles. The van der Waals surface area contributed by atoms with Crippen LogP contribution < -0.4 is 10.6 Å². The number of nitrogens with one attached hydrogen (secondary N) is 2. The van der Waals surface area contributed by atoms with Gasteiger partial charge in [0.15, 0.2) is 15.8 Å². The van der Waals surface area contributed by atoms with E-state index in [-0.39, 0.29) is 0 Å². The number of aliphatic imine (C=N–C) groups is 1. The molecule has 0 bridgehead atoms. The van der Waals surface area contributed by atoms with E-state index >= 15 is 0 Å². The van der Waals surface area contributed by atoms with Crippen molar-refractivity contribution in [2.75, 3.05) is 52.7 Å². The first kappa shape index (κ1) is 21.2. The minimum Gasteiger partial charge on any atom is -0.381 e. The molecule has 0 aromatic heterocycles. The lowest BCUT2D eigenvalue weighted by Gasteiger charge is -2.37. The monoisotopic (exact) mass is 386 g/mol. The van der Waals surface area contributed by atoms with Crippen molar-refractivity contribution in [2.24, 2.45) is 4.99 Å². The Morgan fingerprint density at radius 3 is 2.42 bits per heavy atom. The second-order valence-electron chi connectivity index (χ2n) is 7.65. The van der Waals surface area contributed by atoms with Crippen LogP contribution in [0.25, 0.3) is 0 Å². The number of hydrogen-bond donors (Lipinski definition) is 2. The summed E-state index contributed by atoms with van der Waals surface area (Å²) in [5.74, 6) is 0.679. The highest BCUT2D eigenvalue weighted by molar-refractivity contribution is 7.92. The number of rotatable bonds is 6. The van der Waals surface area contributed by atoms with Crippen LogP contribution >= 0.6 is 0 Å². The van der Waals surface area contributed by atoms with E-state index in [1.807, 2.05) is 0 Å². The van der Waals surface area contributed by atoms with Crippen LogP contribution in [0.2, 0.25) is 0 Å². The van der Waals surface area contributed by atoms with Gasteiger partial charge in [-0.15, -0.1) is 0 Å². The van der Waals surface area contributed by atoms with Crippen LogP contribution in [-0.2, 0) is 14.6 Å². The molecular formula is C18H34N4O3S. The first-order valence-electron chi connectivity index (χ1n) is 9.37. The van der Waals surface area contributed by atoms with Crippen LogP contribution in [0, 0.1) is 0 Å². The lowest BCUT2D eigenvalue weighted by Crippen LogP contribution is -2.55. The van der Waals surface area contributed by atoms with E-state index in [4.69, 9.17) is 4.74 Å². The summed E-state index contributed by atoms with van der Waals surface area (Å²) in [7, 11) is -1.46. The predicted molar refractivity (Wildman–Crippen MR) is 106 cm³/mol. The fourth-order valence-electron chi connectivity index (χ4n) is 3.67. The normalized spacial score (nSPS) is 22.8. The number of sulfone groups is 1. The lowest BCUT2D eigenvalue weighted by molar-refractivity contribution is 0.0756. The molecule has 7 nitrogen and oxygen atoms in total. The Morgan fingerprint density at radius 1 is 1.31 bits per heavy atom. The quantitative estimate of drug-likeness (QED) is 0.399. The van der Waals surface area contributed by atoms with Crippen LogP contribution in [-0.4, -0.2) is 82.8 Å². The number of likely N-dealkylation sites (tertiary alicyclic amines) is 1. The van der Waals surface area contributed by atoms with Crippen LogP contribution in [0.15, 0.2) is 17.1 Å². The third-order valence-electron chi connectivity index (χ3n) is 5.41. The van der Waals surface area contributed by atoms with Gasteiger partial charge in [0.1, 0.15) is 0 Å². The molecule has 2 N–H and O–H groups in total. The van der Waals surface area contributed by atoms with Crippen LogP contribution in [0.3, 0.4) is 0 Å².